The summed E-state index contributed by atoms with van der Waals surface area (Å²) in [5.74, 6) is 0. The molecule has 0 heterocycles. The summed E-state index contributed by atoms with van der Waals surface area (Å²) in [5.41, 5.74) is 0. The van der Waals surface area contributed by atoms with Crippen LogP contribution < -0.4 is 0 Å². The van der Waals surface area contributed by atoms with Crippen molar-refractivity contribution >= 4 is 0 Å². The molecule has 0 rings (SSSR count). The Bertz CT molecular complexity index is 207. The Kier molecular flexibility index (Phi) is 12.2. The molecule has 0 fully saturated rings. The Morgan fingerprint density at radius 1 is 0.824 bits per heavy atom. The van der Waals surface area contributed by atoms with Crippen LogP contribution in [-0.4, -0.2) is 56.7 Å². The Morgan fingerprint density at radius 2 is 1.18 bits per heavy atom. The molecular weight excluding hydrogens is 208 g/mol. The van der Waals surface area contributed by atoms with Gasteiger partial charge in [-0.25, -0.2) is 0 Å². The second-order valence-corrected chi connectivity index (χ2v) is 4.68. The Morgan fingerprint density at radius 3 is 1.41 bits per heavy atom. The van der Waals surface area contributed by atoms with E-state index in [1.807, 2.05) is 31.4 Å². The van der Waals surface area contributed by atoms with Gasteiger partial charge in [0.2, 0.25) is 0 Å². The molecule has 17 heavy (non-hydrogen) atoms. The molecule has 0 saturated heterocycles. The van der Waals surface area contributed by atoms with E-state index < -0.39 is 0 Å². The van der Waals surface area contributed by atoms with E-state index in [9.17, 15) is 0 Å². The summed E-state index contributed by atoms with van der Waals surface area (Å²) in [6, 6.07) is 0. The average Bonchev–Trinajstić information content (AvgIpc) is 2.18. The molecule has 0 amide bonds. The van der Waals surface area contributed by atoms with Gasteiger partial charge in [-0.05, 0) is 19.2 Å². The van der Waals surface area contributed by atoms with Gasteiger partial charge in [-0.1, -0.05) is 25.3 Å². The van der Waals surface area contributed by atoms with Crippen molar-refractivity contribution < 1.29 is 4.48 Å². The second-order valence-electron chi connectivity index (χ2n) is 4.68. The van der Waals surface area contributed by atoms with Crippen LogP contribution in [0.5, 0.6) is 0 Å². The molecule has 0 bridgehead atoms. The fraction of sp³-hybridized carbons (Fsp3) is 0.467. The minimum atomic E-state index is 0.937. The molecule has 98 valence electrons. The molecule has 0 aliphatic heterocycles. The minimum absolute atomic E-state index is 0.937. The van der Waals surface area contributed by atoms with Gasteiger partial charge in [-0.15, -0.1) is 13.2 Å². The van der Waals surface area contributed by atoms with E-state index in [1.54, 1.807) is 0 Å². The molecule has 0 aliphatic carbocycles. The largest absolute Gasteiger partial charge is 0.322 e. The van der Waals surface area contributed by atoms with Gasteiger partial charge in [0, 0.05) is 13.1 Å². The quantitative estimate of drug-likeness (QED) is 0.463. The molecule has 0 aromatic rings. The van der Waals surface area contributed by atoms with Gasteiger partial charge in [-0.3, -0.25) is 4.90 Å². The van der Waals surface area contributed by atoms with Gasteiger partial charge in [-0.2, -0.15) is 0 Å². The van der Waals surface area contributed by atoms with Crippen LogP contribution in [0.4, 0.5) is 0 Å². The average molecular weight is 237 g/mol. The lowest BCUT2D eigenvalue weighted by atomic mass is 10.4. The Balaban J connectivity index is 0. The standard InChI is InChI=1S/C8H16N.C7H13N/c1-5-7-9(3,4)8-6-2;1-4-6-8(3)7-5-2/h5-6H,1-2,7-8H2,3-4H3;4-5H,1-2,6-7H2,3H3/q+1;. The normalized spacial score (nSPS) is 10.1. The van der Waals surface area contributed by atoms with Crippen molar-refractivity contribution in [2.75, 3.05) is 47.3 Å². The molecule has 0 aromatic heterocycles. The molecule has 0 N–H and O–H groups in total. The van der Waals surface area contributed by atoms with Gasteiger partial charge in [0.1, 0.15) is 0 Å². The van der Waals surface area contributed by atoms with Crippen molar-refractivity contribution in [1.29, 1.82) is 0 Å². The van der Waals surface area contributed by atoms with Crippen LogP contribution in [0.25, 0.3) is 0 Å². The summed E-state index contributed by atoms with van der Waals surface area (Å²) in [4.78, 5) is 2.12. The zero-order valence-corrected chi connectivity index (χ0v) is 11.9. The van der Waals surface area contributed by atoms with Gasteiger partial charge in [0.15, 0.2) is 0 Å². The fourth-order valence-electron chi connectivity index (χ4n) is 1.29. The summed E-state index contributed by atoms with van der Waals surface area (Å²) < 4.78 is 0.951. The van der Waals surface area contributed by atoms with Crippen LogP contribution in [0.1, 0.15) is 0 Å². The monoisotopic (exact) mass is 237 g/mol. The van der Waals surface area contributed by atoms with Crippen LogP contribution in [0.15, 0.2) is 50.6 Å². The topological polar surface area (TPSA) is 3.24 Å². The maximum atomic E-state index is 3.68. The van der Waals surface area contributed by atoms with E-state index in [4.69, 9.17) is 0 Å². The number of hydrogen-bond donors (Lipinski definition) is 0. The molecule has 2 nitrogen and oxygen atoms in total. The molecular formula is C15H29N2+. The number of likely N-dealkylation sites (N-methyl/N-ethyl adjacent to an activating group) is 2. The highest BCUT2D eigenvalue weighted by Gasteiger charge is 2.07. The van der Waals surface area contributed by atoms with Crippen LogP contribution in [0.2, 0.25) is 0 Å². The lowest BCUT2D eigenvalue weighted by molar-refractivity contribution is -0.878. The zero-order chi connectivity index (χ0) is 13.7. The van der Waals surface area contributed by atoms with Crippen molar-refractivity contribution in [3.05, 3.63) is 50.6 Å². The summed E-state index contributed by atoms with van der Waals surface area (Å²) in [6.45, 7) is 18.5. The van der Waals surface area contributed by atoms with Gasteiger partial charge >= 0.3 is 0 Å². The third-order valence-electron chi connectivity index (χ3n) is 2.13. The predicted molar refractivity (Wildman–Crippen MR) is 80.1 cm³/mol. The van der Waals surface area contributed by atoms with Crippen molar-refractivity contribution in [1.82, 2.24) is 4.90 Å². The third-order valence-corrected chi connectivity index (χ3v) is 2.13. The summed E-state index contributed by atoms with van der Waals surface area (Å²) in [6.07, 6.45) is 7.62. The third kappa shape index (κ3) is 14.9. The molecule has 0 aliphatic rings. The first-order valence-corrected chi connectivity index (χ1v) is 5.87. The summed E-state index contributed by atoms with van der Waals surface area (Å²) in [5, 5.41) is 0. The lowest BCUT2D eigenvalue weighted by Crippen LogP contribution is -2.39. The fourth-order valence-corrected chi connectivity index (χ4v) is 1.29. The van der Waals surface area contributed by atoms with E-state index in [1.165, 1.54) is 0 Å². The minimum Gasteiger partial charge on any atom is -0.322 e. The molecule has 0 saturated carbocycles. The maximum Gasteiger partial charge on any atom is 0.0969 e. The van der Waals surface area contributed by atoms with E-state index in [-0.39, 0.29) is 0 Å². The maximum absolute atomic E-state index is 3.68. The Labute approximate surface area is 108 Å². The molecule has 0 spiro atoms. The van der Waals surface area contributed by atoms with Crippen LogP contribution in [0, 0.1) is 0 Å². The van der Waals surface area contributed by atoms with Crippen LogP contribution >= 0.6 is 0 Å². The van der Waals surface area contributed by atoms with Crippen molar-refractivity contribution in [2.24, 2.45) is 0 Å². The van der Waals surface area contributed by atoms with Crippen LogP contribution in [-0.2, 0) is 0 Å². The molecule has 2 heteroatoms. The highest BCUT2D eigenvalue weighted by atomic mass is 15.3. The predicted octanol–water partition coefficient (Wildman–Crippen LogP) is 2.73. The number of nitrogens with zero attached hydrogens (tertiary/aromatic N) is 2. The second kappa shape index (κ2) is 11.4. The number of hydrogen-bond acceptors (Lipinski definition) is 1. The first kappa shape index (κ1) is 18.3. The van der Waals surface area contributed by atoms with Crippen molar-refractivity contribution in [2.45, 2.75) is 0 Å². The van der Waals surface area contributed by atoms with Crippen molar-refractivity contribution in [3.63, 3.8) is 0 Å². The van der Waals surface area contributed by atoms with Gasteiger partial charge in [0.25, 0.3) is 0 Å². The van der Waals surface area contributed by atoms with Gasteiger partial charge in [0.05, 0.1) is 27.2 Å². The van der Waals surface area contributed by atoms with E-state index >= 15 is 0 Å². The first-order valence-electron chi connectivity index (χ1n) is 5.87. The SMILES string of the molecule is C=CCN(C)CC=C.C=CC[N+](C)(C)CC=C. The summed E-state index contributed by atoms with van der Waals surface area (Å²) in [7, 11) is 6.34. The molecule has 0 unspecified atom stereocenters. The summed E-state index contributed by atoms with van der Waals surface area (Å²) >= 11 is 0. The molecule has 0 aromatic carbocycles. The first-order chi connectivity index (χ1) is 7.93. The smallest absolute Gasteiger partial charge is 0.0969 e. The lowest BCUT2D eigenvalue weighted by Gasteiger charge is -2.26. The molecule has 0 radical (unpaired) electrons. The number of quaternary nitrogens is 1. The van der Waals surface area contributed by atoms with E-state index in [0.717, 1.165) is 30.7 Å². The number of rotatable bonds is 8. The van der Waals surface area contributed by atoms with Crippen molar-refractivity contribution in [3.8, 4) is 0 Å². The highest BCUT2D eigenvalue weighted by Crippen LogP contribution is 1.95. The van der Waals surface area contributed by atoms with Gasteiger partial charge < -0.3 is 4.48 Å². The van der Waals surface area contributed by atoms with E-state index in [0.29, 0.717) is 0 Å². The zero-order valence-electron chi connectivity index (χ0n) is 11.9. The highest BCUT2D eigenvalue weighted by molar-refractivity contribution is 4.77. The van der Waals surface area contributed by atoms with Crippen LogP contribution in [0.3, 0.4) is 0 Å². The molecule has 0 atom stereocenters. The van der Waals surface area contributed by atoms with E-state index in [2.05, 4.69) is 45.3 Å². The Hall–Kier alpha value is -1.12.